The summed E-state index contributed by atoms with van der Waals surface area (Å²) in [6, 6.07) is 10.7. The normalized spacial score (nSPS) is 11.1. The molecule has 2 aromatic rings. The first kappa shape index (κ1) is 26.6. The van der Waals surface area contributed by atoms with E-state index in [1.807, 2.05) is 0 Å². The molecule has 0 aliphatic rings. The van der Waals surface area contributed by atoms with Gasteiger partial charge in [-0.3, -0.25) is 4.55 Å². The van der Waals surface area contributed by atoms with Gasteiger partial charge in [-0.2, -0.15) is 8.42 Å². The number of unbranched alkanes of at least 4 members (excludes halogenated alkanes) is 7. The second-order valence-electron chi connectivity index (χ2n) is 6.99. The van der Waals surface area contributed by atoms with Gasteiger partial charge in [0, 0.05) is 0 Å². The molecular formula is C22H29KO5S. The molecule has 7 heteroatoms. The van der Waals surface area contributed by atoms with Crippen LogP contribution < -0.4 is 61.2 Å². The minimum absolute atomic E-state index is 0. The molecule has 0 bridgehead atoms. The summed E-state index contributed by atoms with van der Waals surface area (Å²) in [4.78, 5) is -0.312. The predicted molar refractivity (Wildman–Crippen MR) is 109 cm³/mol. The quantitative estimate of drug-likeness (QED) is 0.309. The van der Waals surface area contributed by atoms with Crippen molar-refractivity contribution in [3.63, 3.8) is 0 Å². The van der Waals surface area contributed by atoms with Crippen molar-refractivity contribution in [3.05, 3.63) is 48.0 Å². The van der Waals surface area contributed by atoms with Crippen molar-refractivity contribution in [1.82, 2.24) is 0 Å². The number of ether oxygens (including phenoxy) is 1. The smallest absolute Gasteiger partial charge is 0.870 e. The first-order valence-electron chi connectivity index (χ1n) is 9.96. The van der Waals surface area contributed by atoms with Crippen LogP contribution in [0.25, 0.3) is 0 Å². The third-order valence-corrected chi connectivity index (χ3v) is 5.58. The summed E-state index contributed by atoms with van der Waals surface area (Å²) in [5, 5.41) is 12.0. The van der Waals surface area contributed by atoms with E-state index < -0.39 is 10.1 Å². The molecule has 0 aromatic heterocycles. The molecule has 5 nitrogen and oxygen atoms in total. The van der Waals surface area contributed by atoms with Crippen LogP contribution in [0.3, 0.4) is 0 Å². The maximum absolute atomic E-state index is 12.0. The summed E-state index contributed by atoms with van der Waals surface area (Å²) < 4.78 is 38.8. The largest absolute Gasteiger partial charge is 1.00 e. The van der Waals surface area contributed by atoms with Gasteiger partial charge in [-0.25, -0.2) is 0 Å². The molecule has 2 rings (SSSR count). The number of rotatable bonds is 12. The summed E-state index contributed by atoms with van der Waals surface area (Å²) in [5.41, 5.74) is 0.671. The fourth-order valence-electron chi connectivity index (χ4n) is 3.17. The SMILES string of the molecule is CCCCCCCCCCc1cccc(S(=O)(=O)O)c1Oc1ccccc1[O-].[K+]. The Morgan fingerprint density at radius 1 is 0.897 bits per heavy atom. The third kappa shape index (κ3) is 9.08. The van der Waals surface area contributed by atoms with Gasteiger partial charge in [0.1, 0.15) is 10.6 Å². The summed E-state index contributed by atoms with van der Waals surface area (Å²) in [5.74, 6) is -0.266. The van der Waals surface area contributed by atoms with E-state index in [9.17, 15) is 18.1 Å². The van der Waals surface area contributed by atoms with Gasteiger partial charge in [-0.15, -0.1) is 0 Å². The van der Waals surface area contributed by atoms with Crippen molar-refractivity contribution in [2.75, 3.05) is 0 Å². The van der Waals surface area contributed by atoms with E-state index in [0.29, 0.717) is 12.0 Å². The monoisotopic (exact) mass is 444 g/mol. The maximum Gasteiger partial charge on any atom is 1.00 e. The van der Waals surface area contributed by atoms with Crippen LogP contribution in [0.5, 0.6) is 17.2 Å². The Labute approximate surface area is 217 Å². The van der Waals surface area contributed by atoms with Crippen LogP contribution in [0.1, 0.15) is 63.9 Å². The van der Waals surface area contributed by atoms with Gasteiger partial charge in [0.25, 0.3) is 10.1 Å². The summed E-state index contributed by atoms with van der Waals surface area (Å²) >= 11 is 0. The Bertz CT molecular complexity index is 852. The van der Waals surface area contributed by atoms with Crippen molar-refractivity contribution >= 4 is 10.1 Å². The molecule has 0 amide bonds. The first-order chi connectivity index (χ1) is 13.4. The Morgan fingerprint density at radius 3 is 2.14 bits per heavy atom. The Balaban J connectivity index is 0.00000420. The minimum atomic E-state index is -4.46. The van der Waals surface area contributed by atoms with Crippen LogP contribution in [0.2, 0.25) is 0 Å². The van der Waals surface area contributed by atoms with Gasteiger partial charge in [-0.05, 0) is 30.5 Å². The molecule has 1 N–H and O–H groups in total. The van der Waals surface area contributed by atoms with Crippen molar-refractivity contribution in [3.8, 4) is 17.2 Å². The number of hydrogen-bond donors (Lipinski definition) is 1. The van der Waals surface area contributed by atoms with Crippen LogP contribution in [0.4, 0.5) is 0 Å². The van der Waals surface area contributed by atoms with Gasteiger partial charge < -0.3 is 9.84 Å². The van der Waals surface area contributed by atoms with Crippen molar-refractivity contribution < 1.29 is 74.2 Å². The Hall–Kier alpha value is -0.414. The average molecular weight is 445 g/mol. The molecule has 0 saturated carbocycles. The third-order valence-electron chi connectivity index (χ3n) is 4.70. The minimum Gasteiger partial charge on any atom is -0.870 e. The molecule has 154 valence electrons. The Kier molecular flexibility index (Phi) is 12.7. The van der Waals surface area contributed by atoms with Crippen molar-refractivity contribution in [2.24, 2.45) is 0 Å². The molecule has 0 radical (unpaired) electrons. The molecule has 0 heterocycles. The summed E-state index contributed by atoms with van der Waals surface area (Å²) in [6.45, 7) is 2.20. The molecule has 0 unspecified atom stereocenters. The van der Waals surface area contributed by atoms with Gasteiger partial charge in [-0.1, -0.05) is 88.0 Å². The van der Waals surface area contributed by atoms with Crippen LogP contribution in [0.15, 0.2) is 47.4 Å². The molecular weight excluding hydrogens is 415 g/mol. The molecule has 2 aromatic carbocycles. The van der Waals surface area contributed by atoms with Crippen LogP contribution >= 0.6 is 0 Å². The van der Waals surface area contributed by atoms with E-state index in [2.05, 4.69) is 6.92 Å². The number of aryl methyl sites for hydroxylation is 1. The molecule has 0 aliphatic carbocycles. The molecule has 0 spiro atoms. The van der Waals surface area contributed by atoms with E-state index in [1.54, 1.807) is 24.3 Å². The zero-order valence-electron chi connectivity index (χ0n) is 17.4. The van der Waals surface area contributed by atoms with E-state index in [4.69, 9.17) is 4.74 Å². The molecule has 0 fully saturated rings. The summed E-state index contributed by atoms with van der Waals surface area (Å²) in [7, 11) is -4.46. The zero-order chi connectivity index (χ0) is 20.4. The molecule has 0 saturated heterocycles. The molecule has 29 heavy (non-hydrogen) atoms. The maximum atomic E-state index is 12.0. The topological polar surface area (TPSA) is 86.7 Å². The number of benzene rings is 2. The number of hydrogen-bond acceptors (Lipinski definition) is 4. The fourth-order valence-corrected chi connectivity index (χ4v) is 3.83. The van der Waals surface area contributed by atoms with E-state index in [-0.39, 0.29) is 73.5 Å². The van der Waals surface area contributed by atoms with Crippen LogP contribution in [0, 0.1) is 0 Å². The Morgan fingerprint density at radius 2 is 1.52 bits per heavy atom. The average Bonchev–Trinajstić information content (AvgIpc) is 2.65. The predicted octanol–water partition coefficient (Wildman–Crippen LogP) is 2.49. The van der Waals surface area contributed by atoms with Gasteiger partial charge in [0.05, 0.1) is 0 Å². The summed E-state index contributed by atoms with van der Waals surface area (Å²) in [6.07, 6.45) is 9.94. The molecule has 0 atom stereocenters. The second kappa shape index (κ2) is 13.8. The first-order valence-corrected chi connectivity index (χ1v) is 11.4. The van der Waals surface area contributed by atoms with Crippen LogP contribution in [-0.2, 0) is 16.5 Å². The molecule has 0 aliphatic heterocycles. The fraction of sp³-hybridized carbons (Fsp3) is 0.455. The van der Waals surface area contributed by atoms with Crippen LogP contribution in [-0.4, -0.2) is 13.0 Å². The van der Waals surface area contributed by atoms with E-state index in [1.165, 1.54) is 50.3 Å². The van der Waals surface area contributed by atoms with Gasteiger partial charge >= 0.3 is 51.4 Å². The van der Waals surface area contributed by atoms with E-state index >= 15 is 0 Å². The van der Waals surface area contributed by atoms with E-state index in [0.717, 1.165) is 19.3 Å². The zero-order valence-corrected chi connectivity index (χ0v) is 21.3. The standard InChI is InChI=1S/C22H30O5S.K/c1-2-3-4-5-6-7-8-9-13-18-14-12-17-21(28(24,25)26)22(18)27-20-16-11-10-15-19(20)23;/h10-12,14-17,23H,2-9,13H2,1H3,(H,24,25,26);/q;+1/p-1. The van der Waals surface area contributed by atoms with Gasteiger partial charge in [0.2, 0.25) is 0 Å². The van der Waals surface area contributed by atoms with Crippen molar-refractivity contribution in [2.45, 2.75) is 69.6 Å². The van der Waals surface area contributed by atoms with Crippen molar-refractivity contribution in [1.29, 1.82) is 0 Å². The number of para-hydroxylation sites is 3. The van der Waals surface area contributed by atoms with Gasteiger partial charge in [0.15, 0.2) is 5.75 Å². The second-order valence-corrected chi connectivity index (χ2v) is 8.38.